The molecule has 0 saturated carbocycles. The number of hydrogen-bond donors (Lipinski definition) is 0. The monoisotopic (exact) mass is 214 g/mol. The average molecular weight is 215 g/mol. The molecule has 0 bridgehead atoms. The van der Waals surface area contributed by atoms with E-state index >= 15 is 0 Å². The van der Waals surface area contributed by atoms with Crippen LogP contribution in [0.2, 0.25) is 0 Å². The first-order valence-corrected chi connectivity index (χ1v) is 4.37. The summed E-state index contributed by atoms with van der Waals surface area (Å²) in [6.07, 6.45) is 4.12. The fourth-order valence-electron chi connectivity index (χ4n) is 1.07. The molecule has 0 fully saturated rings. The number of carbonyl (C=O) groups is 1. The maximum Gasteiger partial charge on any atom is 0.391 e. The Balaban J connectivity index is 0.00000169. The third-order valence-electron chi connectivity index (χ3n) is 1.92. The lowest BCUT2D eigenvalue weighted by molar-refractivity contribution is -0.574. The summed E-state index contributed by atoms with van der Waals surface area (Å²) in [6, 6.07) is 3.85. The van der Waals surface area contributed by atoms with Gasteiger partial charge in [-0.05, 0) is 0 Å². The van der Waals surface area contributed by atoms with Crippen molar-refractivity contribution in [3.8, 4) is 0 Å². The van der Waals surface area contributed by atoms with Crippen LogP contribution in [0.4, 0.5) is 5.69 Å². The van der Waals surface area contributed by atoms with Crippen LogP contribution in [0.1, 0.15) is 18.1 Å². The van der Waals surface area contributed by atoms with Crippen molar-refractivity contribution in [2.24, 2.45) is 0 Å². The van der Waals surface area contributed by atoms with E-state index < -0.39 is 0 Å². The van der Waals surface area contributed by atoms with Gasteiger partial charge in [-0.15, -0.1) is 4.57 Å². The van der Waals surface area contributed by atoms with Crippen LogP contribution < -0.4 is 21.9 Å². The highest BCUT2D eigenvalue weighted by atomic mass is 35.5. The minimum atomic E-state index is 0. The van der Waals surface area contributed by atoms with Gasteiger partial charge < -0.3 is 17.3 Å². The number of halogens is 1. The summed E-state index contributed by atoms with van der Waals surface area (Å²) in [5.41, 5.74) is 1.10. The summed E-state index contributed by atoms with van der Waals surface area (Å²) in [4.78, 5) is 13.2. The first-order chi connectivity index (χ1) is 6.15. The predicted molar refractivity (Wildman–Crippen MR) is 51.9 cm³/mol. The van der Waals surface area contributed by atoms with Gasteiger partial charge in [0.2, 0.25) is 0 Å². The molecular weight excluding hydrogens is 200 g/mol. The highest BCUT2D eigenvalue weighted by Crippen LogP contribution is 2.05. The Labute approximate surface area is 90.8 Å². The molecule has 14 heavy (non-hydrogen) atoms. The molecule has 0 aromatic carbocycles. The molecule has 78 valence electrons. The van der Waals surface area contributed by atoms with E-state index in [1.54, 1.807) is 17.0 Å². The van der Waals surface area contributed by atoms with Crippen molar-refractivity contribution in [1.29, 1.82) is 0 Å². The van der Waals surface area contributed by atoms with Crippen LogP contribution in [0.3, 0.4) is 0 Å². The summed E-state index contributed by atoms with van der Waals surface area (Å²) in [7, 11) is 3.95. The van der Waals surface area contributed by atoms with E-state index in [2.05, 4.69) is 0 Å². The van der Waals surface area contributed by atoms with Crippen LogP contribution >= 0.6 is 0 Å². The molecule has 4 heteroatoms. The van der Waals surface area contributed by atoms with E-state index in [1.165, 1.54) is 0 Å². The summed E-state index contributed by atoms with van der Waals surface area (Å²) in [5, 5.41) is 0. The molecule has 3 nitrogen and oxygen atoms in total. The second-order valence-electron chi connectivity index (χ2n) is 3.11. The van der Waals surface area contributed by atoms with Gasteiger partial charge in [0, 0.05) is 31.9 Å². The lowest BCUT2D eigenvalue weighted by Gasteiger charge is -2.09. The third kappa shape index (κ3) is 3.00. The number of nitrogens with zero attached hydrogens (tertiary/aromatic N) is 2. The lowest BCUT2D eigenvalue weighted by Crippen LogP contribution is -3.00. The van der Waals surface area contributed by atoms with Gasteiger partial charge in [0.1, 0.15) is 0 Å². The van der Waals surface area contributed by atoms with Gasteiger partial charge in [0.15, 0.2) is 12.4 Å². The van der Waals surface area contributed by atoms with E-state index in [9.17, 15) is 4.79 Å². The highest BCUT2D eigenvalue weighted by molar-refractivity contribution is 5.66. The van der Waals surface area contributed by atoms with Gasteiger partial charge in [0.05, 0.1) is 6.42 Å². The average Bonchev–Trinajstić information content (AvgIpc) is 2.17. The normalized spacial score (nSPS) is 9.07. The summed E-state index contributed by atoms with van der Waals surface area (Å²) < 4.78 is 1.60. The SMILES string of the molecule is CCC(=O)[n+]1ccc(N(C)C)cc1.[Cl-]. The quantitative estimate of drug-likeness (QED) is 0.537. The van der Waals surface area contributed by atoms with Crippen LogP contribution in [-0.4, -0.2) is 20.0 Å². The van der Waals surface area contributed by atoms with Crippen LogP contribution in [0.15, 0.2) is 24.5 Å². The summed E-state index contributed by atoms with van der Waals surface area (Å²) >= 11 is 0. The Hall–Kier alpha value is -1.09. The molecular formula is C10H15ClN2O. The van der Waals surface area contributed by atoms with Gasteiger partial charge in [-0.1, -0.05) is 6.92 Å². The molecule has 1 rings (SSSR count). The molecule has 0 N–H and O–H groups in total. The van der Waals surface area contributed by atoms with Crippen LogP contribution in [0.5, 0.6) is 0 Å². The molecule has 1 aromatic rings. The van der Waals surface area contributed by atoms with Crippen molar-refractivity contribution in [3.63, 3.8) is 0 Å². The van der Waals surface area contributed by atoms with Crippen molar-refractivity contribution < 1.29 is 21.8 Å². The zero-order valence-corrected chi connectivity index (χ0v) is 9.45. The Kier molecular flexibility index (Phi) is 5.16. The van der Waals surface area contributed by atoms with Gasteiger partial charge >= 0.3 is 5.91 Å². The molecule has 0 spiro atoms. The first-order valence-electron chi connectivity index (χ1n) is 4.37. The summed E-state index contributed by atoms with van der Waals surface area (Å²) in [6.45, 7) is 1.86. The second kappa shape index (κ2) is 5.60. The second-order valence-corrected chi connectivity index (χ2v) is 3.11. The topological polar surface area (TPSA) is 24.2 Å². The van der Waals surface area contributed by atoms with Crippen molar-refractivity contribution in [2.45, 2.75) is 13.3 Å². The van der Waals surface area contributed by atoms with Crippen molar-refractivity contribution in [3.05, 3.63) is 24.5 Å². The van der Waals surface area contributed by atoms with Gasteiger partial charge in [-0.25, -0.2) is 4.79 Å². The number of pyridine rings is 1. The Morgan fingerprint density at radius 2 is 1.86 bits per heavy atom. The van der Waals surface area contributed by atoms with Crippen LogP contribution in [0, 0.1) is 0 Å². The maximum atomic E-state index is 11.2. The number of rotatable bonds is 2. The third-order valence-corrected chi connectivity index (χ3v) is 1.92. The Morgan fingerprint density at radius 3 is 2.21 bits per heavy atom. The fraction of sp³-hybridized carbons (Fsp3) is 0.400. The van der Waals surface area contributed by atoms with Crippen molar-refractivity contribution in [2.75, 3.05) is 19.0 Å². The highest BCUT2D eigenvalue weighted by Gasteiger charge is 2.10. The standard InChI is InChI=1S/C10H15N2O.ClH/c1-4-10(13)12-7-5-9(6-8-12)11(2)3;/h5-8H,4H2,1-3H3;1H/q+1;/p-1. The van der Waals surface area contributed by atoms with Crippen molar-refractivity contribution >= 4 is 11.6 Å². The molecule has 0 saturated heterocycles. The molecule has 0 atom stereocenters. The minimum absolute atomic E-state index is 0. The zero-order chi connectivity index (χ0) is 9.84. The van der Waals surface area contributed by atoms with E-state index in [0.29, 0.717) is 6.42 Å². The van der Waals surface area contributed by atoms with Gasteiger partial charge in [0.25, 0.3) is 0 Å². The van der Waals surface area contributed by atoms with E-state index in [1.807, 2.05) is 38.1 Å². The predicted octanol–water partition coefficient (Wildman–Crippen LogP) is -1.91. The van der Waals surface area contributed by atoms with E-state index in [-0.39, 0.29) is 18.3 Å². The molecule has 0 unspecified atom stereocenters. The zero-order valence-electron chi connectivity index (χ0n) is 8.70. The molecule has 1 aromatic heterocycles. The number of anilines is 1. The van der Waals surface area contributed by atoms with E-state index in [4.69, 9.17) is 0 Å². The molecule has 0 amide bonds. The molecule has 0 radical (unpaired) electrons. The largest absolute Gasteiger partial charge is 1.00 e. The van der Waals surface area contributed by atoms with Gasteiger partial charge in [-0.2, -0.15) is 0 Å². The number of hydrogen-bond acceptors (Lipinski definition) is 2. The first kappa shape index (κ1) is 12.9. The maximum absolute atomic E-state index is 11.2. The fourth-order valence-corrected chi connectivity index (χ4v) is 1.07. The Bertz CT molecular complexity index is 295. The Morgan fingerprint density at radius 1 is 1.36 bits per heavy atom. The van der Waals surface area contributed by atoms with E-state index in [0.717, 1.165) is 5.69 Å². The summed E-state index contributed by atoms with van der Waals surface area (Å²) in [5.74, 6) is 0.116. The van der Waals surface area contributed by atoms with Crippen LogP contribution in [0.25, 0.3) is 0 Å². The minimum Gasteiger partial charge on any atom is -1.00 e. The molecule has 0 aliphatic carbocycles. The van der Waals surface area contributed by atoms with Crippen LogP contribution in [-0.2, 0) is 0 Å². The number of carbonyl (C=O) groups excluding carboxylic acids is 1. The molecule has 1 heterocycles. The number of aromatic nitrogens is 1. The smallest absolute Gasteiger partial charge is 0.391 e. The molecule has 0 aliphatic rings. The van der Waals surface area contributed by atoms with Gasteiger partial charge in [-0.3, -0.25) is 0 Å². The molecule has 0 aliphatic heterocycles. The van der Waals surface area contributed by atoms with Crippen molar-refractivity contribution in [1.82, 2.24) is 0 Å². The lowest BCUT2D eigenvalue weighted by atomic mass is 10.3.